The zero-order valence-electron chi connectivity index (χ0n) is 15.7. The van der Waals surface area contributed by atoms with Gasteiger partial charge in [0.1, 0.15) is 17.8 Å². The van der Waals surface area contributed by atoms with Gasteiger partial charge in [-0.05, 0) is 29.4 Å². The highest BCUT2D eigenvalue weighted by molar-refractivity contribution is 6.38. The number of quaternary nitrogens is 1. The summed E-state index contributed by atoms with van der Waals surface area (Å²) in [6.45, 7) is 0. The van der Waals surface area contributed by atoms with Crippen LogP contribution in [0.5, 0.6) is 5.75 Å². The molecular weight excluding hydrogens is 378 g/mol. The molecule has 1 N–H and O–H groups in total. The number of benzene rings is 1. The van der Waals surface area contributed by atoms with Crippen molar-refractivity contribution in [2.75, 3.05) is 31.4 Å². The lowest BCUT2D eigenvalue weighted by Crippen LogP contribution is -2.44. The van der Waals surface area contributed by atoms with Gasteiger partial charge in [-0.15, -0.1) is 0 Å². The summed E-state index contributed by atoms with van der Waals surface area (Å²) in [7, 11) is 5.48. The van der Waals surface area contributed by atoms with Gasteiger partial charge in [-0.2, -0.15) is 4.99 Å². The van der Waals surface area contributed by atoms with E-state index in [0.717, 1.165) is 17.2 Å². The predicted molar refractivity (Wildman–Crippen MR) is 114 cm³/mol. The van der Waals surface area contributed by atoms with Gasteiger partial charge in [-0.25, -0.2) is 4.98 Å². The Bertz CT molecular complexity index is 1030. The van der Waals surface area contributed by atoms with Crippen LogP contribution in [0.1, 0.15) is 0 Å². The van der Waals surface area contributed by atoms with E-state index in [1.54, 1.807) is 37.9 Å². The number of amidine groups is 1. The number of fused-ring (bicyclic) bond motifs is 1. The number of rotatable bonds is 4. The molecule has 0 spiro atoms. The summed E-state index contributed by atoms with van der Waals surface area (Å²) in [5, 5.41) is 8.49. The van der Waals surface area contributed by atoms with Crippen LogP contribution in [0.4, 0.5) is 17.2 Å². The maximum absolute atomic E-state index is 6.21. The number of aromatic nitrogens is 1. The lowest BCUT2D eigenvalue weighted by atomic mass is 10.3. The second-order valence-corrected chi connectivity index (χ2v) is 6.81. The van der Waals surface area contributed by atoms with E-state index in [-0.39, 0.29) is 4.59 Å². The van der Waals surface area contributed by atoms with Gasteiger partial charge in [-0.3, -0.25) is 4.99 Å². The predicted octanol–water partition coefficient (Wildman–Crippen LogP) is 3.47. The number of nitrogens with one attached hydrogen (secondary N) is 1. The highest BCUT2D eigenvalue weighted by Crippen LogP contribution is 2.32. The van der Waals surface area contributed by atoms with Crippen molar-refractivity contribution in [1.29, 1.82) is 0 Å². The number of anilines is 2. The third-order valence-electron chi connectivity index (χ3n) is 4.37. The van der Waals surface area contributed by atoms with Crippen molar-refractivity contribution in [3.63, 3.8) is 0 Å². The summed E-state index contributed by atoms with van der Waals surface area (Å²) in [6.07, 6.45) is 7.06. The van der Waals surface area contributed by atoms with Crippen LogP contribution in [0, 0.1) is 0 Å². The molecule has 3 heterocycles. The van der Waals surface area contributed by atoms with E-state index < -0.39 is 0 Å². The van der Waals surface area contributed by atoms with Crippen LogP contribution in [0.25, 0.3) is 0 Å². The molecule has 0 radical (unpaired) electrons. The lowest BCUT2D eigenvalue weighted by molar-refractivity contribution is 0.415. The molecule has 0 amide bonds. The molecule has 1 atom stereocenters. The van der Waals surface area contributed by atoms with E-state index in [0.29, 0.717) is 22.6 Å². The third kappa shape index (κ3) is 3.12. The fraction of sp³-hybridized carbons (Fsp3) is 0.158. The molecular formula is C19H19ClN7O+. The van der Waals surface area contributed by atoms with Gasteiger partial charge in [0.25, 0.3) is 11.8 Å². The first-order valence-corrected chi connectivity index (χ1v) is 8.93. The molecule has 1 aromatic heterocycles. The van der Waals surface area contributed by atoms with Crippen LogP contribution < -0.4 is 19.5 Å². The minimum absolute atomic E-state index is 0.0659. The number of ether oxygens (including phenoxy) is 1. The van der Waals surface area contributed by atoms with E-state index in [2.05, 4.69) is 20.3 Å². The Morgan fingerprint density at radius 1 is 1.18 bits per heavy atom. The van der Waals surface area contributed by atoms with Crippen molar-refractivity contribution < 1.29 is 4.74 Å². The SMILES string of the molecule is COc1ccc(NC2=N[N+]3(c4ccc(N(C)C)nc4)C=CN=CC3=N2)cc1Cl. The first kappa shape index (κ1) is 18.1. The Balaban J connectivity index is 1.68. The van der Waals surface area contributed by atoms with Gasteiger partial charge in [-0.1, -0.05) is 16.2 Å². The fourth-order valence-corrected chi connectivity index (χ4v) is 3.18. The summed E-state index contributed by atoms with van der Waals surface area (Å²) < 4.78 is 5.26. The van der Waals surface area contributed by atoms with E-state index in [1.807, 2.05) is 43.4 Å². The van der Waals surface area contributed by atoms with Crippen molar-refractivity contribution in [3.05, 3.63) is 54.0 Å². The van der Waals surface area contributed by atoms with Crippen LogP contribution in [0.2, 0.25) is 5.02 Å². The second kappa shape index (κ2) is 7.06. The molecule has 28 heavy (non-hydrogen) atoms. The van der Waals surface area contributed by atoms with Crippen molar-refractivity contribution in [1.82, 2.24) is 9.58 Å². The molecule has 0 saturated heterocycles. The maximum Gasteiger partial charge on any atom is 0.287 e. The number of methoxy groups -OCH3 is 1. The maximum atomic E-state index is 6.21. The topological polar surface area (TPSA) is 74.5 Å². The Morgan fingerprint density at radius 3 is 2.71 bits per heavy atom. The molecule has 2 aliphatic rings. The molecule has 1 aromatic carbocycles. The highest BCUT2D eigenvalue weighted by atomic mass is 35.5. The minimum Gasteiger partial charge on any atom is -0.495 e. The van der Waals surface area contributed by atoms with Crippen molar-refractivity contribution in [2.24, 2.45) is 15.1 Å². The Morgan fingerprint density at radius 2 is 2.04 bits per heavy atom. The quantitative estimate of drug-likeness (QED) is 0.803. The van der Waals surface area contributed by atoms with Gasteiger partial charge in [0.2, 0.25) is 0 Å². The van der Waals surface area contributed by atoms with Gasteiger partial charge in [0, 0.05) is 25.8 Å². The largest absolute Gasteiger partial charge is 0.495 e. The molecule has 0 aliphatic carbocycles. The summed E-state index contributed by atoms with van der Waals surface area (Å²) in [4.78, 5) is 15.2. The molecule has 2 aliphatic heterocycles. The molecule has 9 heteroatoms. The summed E-state index contributed by atoms with van der Waals surface area (Å²) in [5.41, 5.74) is 1.62. The van der Waals surface area contributed by atoms with E-state index >= 15 is 0 Å². The third-order valence-corrected chi connectivity index (χ3v) is 4.67. The number of hydrogen-bond donors (Lipinski definition) is 1. The van der Waals surface area contributed by atoms with Crippen LogP contribution in [-0.4, -0.2) is 44.2 Å². The number of guanidine groups is 1. The highest BCUT2D eigenvalue weighted by Gasteiger charge is 2.43. The van der Waals surface area contributed by atoms with Crippen LogP contribution in [-0.2, 0) is 0 Å². The first-order valence-electron chi connectivity index (χ1n) is 8.55. The average Bonchev–Trinajstić information content (AvgIpc) is 3.07. The normalized spacial score (nSPS) is 19.7. The van der Waals surface area contributed by atoms with Gasteiger partial charge < -0.3 is 15.0 Å². The summed E-state index contributed by atoms with van der Waals surface area (Å²) in [5.74, 6) is 2.59. The van der Waals surface area contributed by atoms with E-state index in [1.165, 1.54) is 0 Å². The monoisotopic (exact) mass is 396 g/mol. The summed E-state index contributed by atoms with van der Waals surface area (Å²) in [6, 6.07) is 9.34. The first-order chi connectivity index (χ1) is 13.5. The van der Waals surface area contributed by atoms with Gasteiger partial charge >= 0.3 is 0 Å². The summed E-state index contributed by atoms with van der Waals surface area (Å²) >= 11 is 6.21. The van der Waals surface area contributed by atoms with Crippen molar-refractivity contribution in [2.45, 2.75) is 0 Å². The van der Waals surface area contributed by atoms with Crippen LogP contribution in [0.3, 0.4) is 0 Å². The molecule has 0 fully saturated rings. The Labute approximate surface area is 167 Å². The fourth-order valence-electron chi connectivity index (χ4n) is 2.93. The number of aliphatic imine (C=N–C) groups is 2. The molecule has 4 rings (SSSR count). The minimum atomic E-state index is 0.0659. The van der Waals surface area contributed by atoms with Gasteiger partial charge in [0.05, 0.1) is 24.5 Å². The molecule has 142 valence electrons. The van der Waals surface area contributed by atoms with Crippen molar-refractivity contribution in [3.8, 4) is 5.75 Å². The second-order valence-electron chi connectivity index (χ2n) is 6.40. The molecule has 2 aromatic rings. The van der Waals surface area contributed by atoms with Crippen molar-refractivity contribution >= 4 is 46.8 Å². The van der Waals surface area contributed by atoms with Gasteiger partial charge in [0.15, 0.2) is 11.9 Å². The van der Waals surface area contributed by atoms with E-state index in [9.17, 15) is 0 Å². The number of pyridine rings is 1. The van der Waals surface area contributed by atoms with E-state index in [4.69, 9.17) is 21.4 Å². The molecule has 0 saturated carbocycles. The zero-order valence-corrected chi connectivity index (χ0v) is 16.4. The standard InChI is InChI=1S/C19H19ClN7O/c1-26(2)17-7-5-14(11-22-17)27-9-8-21-12-18(27)24-19(25-27)23-13-4-6-16(28-3)15(20)10-13/h4-12H,1-3H3,(H,23,25)/q+1. The smallest absolute Gasteiger partial charge is 0.287 e. The average molecular weight is 397 g/mol. The van der Waals surface area contributed by atoms with Crippen LogP contribution in [0.15, 0.2) is 64.0 Å². The number of hydrogen-bond acceptors (Lipinski definition) is 7. The zero-order chi connectivity index (χ0) is 19.7. The number of halogens is 1. The molecule has 0 bridgehead atoms. The number of nitrogens with zero attached hydrogens (tertiary/aromatic N) is 6. The Hall–Kier alpha value is -3.23. The molecule has 1 unspecified atom stereocenters. The molecule has 8 nitrogen and oxygen atoms in total. The van der Waals surface area contributed by atoms with Crippen LogP contribution >= 0.6 is 11.6 Å². The lowest BCUT2D eigenvalue weighted by Gasteiger charge is -2.23. The Kier molecular flexibility index (Phi) is 4.58.